The highest BCUT2D eigenvalue weighted by Crippen LogP contribution is 2.26. The largest absolute Gasteiger partial charge is 0.456 e. The Morgan fingerprint density at radius 1 is 1.04 bits per heavy atom. The minimum Gasteiger partial charge on any atom is -0.456 e. The number of thiophene rings is 1. The van der Waals surface area contributed by atoms with Gasteiger partial charge in [-0.3, -0.25) is 0 Å². The fourth-order valence-electron chi connectivity index (χ4n) is 2.47. The summed E-state index contributed by atoms with van der Waals surface area (Å²) in [6, 6.07) is 7.25. The standard InChI is InChI=1S/C19H15N3O2S2/c1-11-12(2)21-17-7-13(3-4-16(17)20-11)19(23)24-8-15-10-26-18(22-15)14-5-6-25-9-14/h3-7,9-10H,8H2,1-2H3. The Hall–Kier alpha value is -2.64. The maximum atomic E-state index is 12.4. The number of carbonyl (C=O) groups is 1. The van der Waals surface area contributed by atoms with Crippen LogP contribution in [0.2, 0.25) is 0 Å². The predicted octanol–water partition coefficient (Wildman–Crippen LogP) is 4.79. The summed E-state index contributed by atoms with van der Waals surface area (Å²) in [5.74, 6) is -0.392. The van der Waals surface area contributed by atoms with Crippen LogP contribution in [-0.4, -0.2) is 20.9 Å². The van der Waals surface area contributed by atoms with E-state index in [2.05, 4.69) is 20.3 Å². The maximum Gasteiger partial charge on any atom is 0.338 e. The summed E-state index contributed by atoms with van der Waals surface area (Å²) in [6.45, 7) is 3.97. The van der Waals surface area contributed by atoms with Crippen LogP contribution in [0.25, 0.3) is 21.6 Å². The average Bonchev–Trinajstić information content (AvgIpc) is 3.31. The molecule has 0 saturated heterocycles. The Morgan fingerprint density at radius 3 is 2.62 bits per heavy atom. The first-order chi connectivity index (χ1) is 12.6. The van der Waals surface area contributed by atoms with E-state index >= 15 is 0 Å². The average molecular weight is 381 g/mol. The lowest BCUT2D eigenvalue weighted by molar-refractivity contribution is 0.0468. The number of aromatic nitrogens is 3. The van der Waals surface area contributed by atoms with Gasteiger partial charge in [-0.2, -0.15) is 11.3 Å². The SMILES string of the molecule is Cc1nc2ccc(C(=O)OCc3csc(-c4ccsc4)n3)cc2nc1C. The van der Waals surface area contributed by atoms with Crippen molar-refractivity contribution in [3.63, 3.8) is 0 Å². The van der Waals surface area contributed by atoms with E-state index in [-0.39, 0.29) is 6.61 Å². The van der Waals surface area contributed by atoms with Crippen LogP contribution < -0.4 is 0 Å². The van der Waals surface area contributed by atoms with Crippen LogP contribution in [0.5, 0.6) is 0 Å². The van der Waals surface area contributed by atoms with Crippen LogP contribution in [0, 0.1) is 13.8 Å². The quantitative estimate of drug-likeness (QED) is 0.476. The van der Waals surface area contributed by atoms with E-state index in [9.17, 15) is 4.79 Å². The number of hydrogen-bond acceptors (Lipinski definition) is 7. The third-order valence-electron chi connectivity index (χ3n) is 3.98. The molecule has 4 aromatic rings. The van der Waals surface area contributed by atoms with Crippen molar-refractivity contribution in [2.45, 2.75) is 20.5 Å². The van der Waals surface area contributed by atoms with E-state index in [4.69, 9.17) is 4.74 Å². The van der Waals surface area contributed by atoms with Gasteiger partial charge in [-0.25, -0.2) is 19.7 Å². The number of aryl methyl sites for hydroxylation is 2. The van der Waals surface area contributed by atoms with E-state index in [0.29, 0.717) is 11.1 Å². The monoisotopic (exact) mass is 381 g/mol. The number of rotatable bonds is 4. The second kappa shape index (κ2) is 6.93. The second-order valence-corrected chi connectivity index (χ2v) is 7.47. The lowest BCUT2D eigenvalue weighted by Crippen LogP contribution is -2.06. The first-order valence-electron chi connectivity index (χ1n) is 7.99. The molecule has 0 fully saturated rings. The first-order valence-corrected chi connectivity index (χ1v) is 9.81. The summed E-state index contributed by atoms with van der Waals surface area (Å²) in [5, 5.41) is 6.92. The van der Waals surface area contributed by atoms with Gasteiger partial charge in [-0.05, 0) is 43.5 Å². The van der Waals surface area contributed by atoms with E-state index < -0.39 is 5.97 Å². The van der Waals surface area contributed by atoms with Gasteiger partial charge < -0.3 is 4.74 Å². The van der Waals surface area contributed by atoms with Crippen LogP contribution in [0.1, 0.15) is 27.4 Å². The summed E-state index contributed by atoms with van der Waals surface area (Å²) in [5.41, 5.74) is 5.50. The molecule has 0 radical (unpaired) electrons. The zero-order valence-electron chi connectivity index (χ0n) is 14.2. The number of benzene rings is 1. The molecule has 0 spiro atoms. The van der Waals surface area contributed by atoms with Gasteiger partial charge in [0.05, 0.1) is 33.7 Å². The molecule has 0 unspecified atom stereocenters. The van der Waals surface area contributed by atoms with E-state index in [1.165, 1.54) is 0 Å². The molecule has 0 saturated carbocycles. The molecular formula is C19H15N3O2S2. The number of ether oxygens (including phenoxy) is 1. The van der Waals surface area contributed by atoms with Crippen LogP contribution in [0.4, 0.5) is 0 Å². The summed E-state index contributed by atoms with van der Waals surface area (Å²) in [7, 11) is 0. The third-order valence-corrected chi connectivity index (χ3v) is 5.61. The van der Waals surface area contributed by atoms with Gasteiger partial charge in [0.25, 0.3) is 0 Å². The zero-order valence-corrected chi connectivity index (χ0v) is 15.9. The molecule has 7 heteroatoms. The lowest BCUT2D eigenvalue weighted by Gasteiger charge is -2.06. The minimum absolute atomic E-state index is 0.149. The Labute approximate surface area is 158 Å². The van der Waals surface area contributed by atoms with Gasteiger partial charge in [0, 0.05) is 16.3 Å². The smallest absolute Gasteiger partial charge is 0.338 e. The van der Waals surface area contributed by atoms with Crippen molar-refractivity contribution in [3.05, 3.63) is 63.1 Å². The molecule has 26 heavy (non-hydrogen) atoms. The Morgan fingerprint density at radius 2 is 1.85 bits per heavy atom. The fraction of sp³-hybridized carbons (Fsp3) is 0.158. The third kappa shape index (κ3) is 3.36. The predicted molar refractivity (Wildman–Crippen MR) is 104 cm³/mol. The van der Waals surface area contributed by atoms with Gasteiger partial charge in [-0.1, -0.05) is 0 Å². The van der Waals surface area contributed by atoms with Gasteiger partial charge in [0.1, 0.15) is 11.6 Å². The van der Waals surface area contributed by atoms with Crippen molar-refractivity contribution in [2.24, 2.45) is 0 Å². The molecule has 0 atom stereocenters. The molecule has 0 aliphatic rings. The van der Waals surface area contributed by atoms with Crippen LogP contribution in [-0.2, 0) is 11.3 Å². The first kappa shape index (κ1) is 16.8. The normalized spacial score (nSPS) is 11.0. The fourth-order valence-corrected chi connectivity index (χ4v) is 3.99. The molecule has 0 aliphatic heterocycles. The second-order valence-electron chi connectivity index (χ2n) is 5.83. The minimum atomic E-state index is -0.392. The molecule has 5 nitrogen and oxygen atoms in total. The molecule has 130 valence electrons. The van der Waals surface area contributed by atoms with Crippen LogP contribution in [0.3, 0.4) is 0 Å². The number of hydrogen-bond donors (Lipinski definition) is 0. The van der Waals surface area contributed by atoms with Crippen molar-refractivity contribution in [1.29, 1.82) is 0 Å². The van der Waals surface area contributed by atoms with Crippen molar-refractivity contribution in [1.82, 2.24) is 15.0 Å². The highest BCUT2D eigenvalue weighted by atomic mass is 32.1. The topological polar surface area (TPSA) is 65.0 Å². The summed E-state index contributed by atoms with van der Waals surface area (Å²) in [6.07, 6.45) is 0. The van der Waals surface area contributed by atoms with Crippen molar-refractivity contribution in [2.75, 3.05) is 0 Å². The van der Waals surface area contributed by atoms with Gasteiger partial charge in [-0.15, -0.1) is 11.3 Å². The molecule has 3 heterocycles. The van der Waals surface area contributed by atoms with Crippen LogP contribution >= 0.6 is 22.7 Å². The number of esters is 1. The highest BCUT2D eigenvalue weighted by molar-refractivity contribution is 7.14. The Balaban J connectivity index is 1.48. The lowest BCUT2D eigenvalue weighted by atomic mass is 10.2. The molecule has 4 rings (SSSR count). The van der Waals surface area contributed by atoms with Gasteiger partial charge in [0.2, 0.25) is 0 Å². The van der Waals surface area contributed by atoms with Gasteiger partial charge >= 0.3 is 5.97 Å². The molecule has 0 aliphatic carbocycles. The number of nitrogens with zero attached hydrogens (tertiary/aromatic N) is 3. The van der Waals surface area contributed by atoms with Crippen molar-refractivity contribution in [3.8, 4) is 10.6 Å². The highest BCUT2D eigenvalue weighted by Gasteiger charge is 2.12. The molecule has 0 N–H and O–H groups in total. The maximum absolute atomic E-state index is 12.4. The Kier molecular flexibility index (Phi) is 4.48. The molecular weight excluding hydrogens is 366 g/mol. The van der Waals surface area contributed by atoms with E-state index in [0.717, 1.165) is 33.2 Å². The Bertz CT molecular complexity index is 1090. The summed E-state index contributed by atoms with van der Waals surface area (Å²) in [4.78, 5) is 25.8. The van der Waals surface area contributed by atoms with Crippen LogP contribution in [0.15, 0.2) is 40.4 Å². The molecule has 0 bridgehead atoms. The number of fused-ring (bicyclic) bond motifs is 1. The van der Waals surface area contributed by atoms with Crippen molar-refractivity contribution >= 4 is 39.7 Å². The number of thiazole rings is 1. The summed E-state index contributed by atoms with van der Waals surface area (Å²) < 4.78 is 5.41. The zero-order chi connectivity index (χ0) is 18.1. The summed E-state index contributed by atoms with van der Waals surface area (Å²) >= 11 is 3.18. The molecule has 1 aromatic carbocycles. The number of carbonyl (C=O) groups excluding carboxylic acids is 1. The van der Waals surface area contributed by atoms with E-state index in [1.54, 1.807) is 40.9 Å². The molecule has 3 aromatic heterocycles. The van der Waals surface area contributed by atoms with Crippen molar-refractivity contribution < 1.29 is 9.53 Å². The van der Waals surface area contributed by atoms with E-state index in [1.807, 2.05) is 30.7 Å². The molecule has 0 amide bonds. The van der Waals surface area contributed by atoms with Gasteiger partial charge in [0.15, 0.2) is 0 Å².